The zero-order valence-electron chi connectivity index (χ0n) is 13.6. The average molecular weight is 322 g/mol. The van der Waals surface area contributed by atoms with Gasteiger partial charge in [0.25, 0.3) is 5.56 Å². The highest BCUT2D eigenvalue weighted by atomic mass is 16.5. The first-order valence-electron chi connectivity index (χ1n) is 7.61. The minimum absolute atomic E-state index is 0.0548. The van der Waals surface area contributed by atoms with Crippen molar-refractivity contribution in [3.05, 3.63) is 70.6 Å². The number of anilines is 1. The molecule has 5 heteroatoms. The summed E-state index contributed by atoms with van der Waals surface area (Å²) in [5.41, 5.74) is 1.42. The van der Waals surface area contributed by atoms with Gasteiger partial charge in [-0.3, -0.25) is 9.59 Å². The topological polar surface area (TPSA) is 60.3 Å². The molecule has 0 aliphatic carbocycles. The molecule has 5 nitrogen and oxygen atoms in total. The fourth-order valence-corrected chi connectivity index (χ4v) is 2.62. The monoisotopic (exact) mass is 322 g/mol. The smallest absolute Gasteiger partial charge is 0.258 e. The van der Waals surface area contributed by atoms with Crippen LogP contribution in [0.4, 0.5) is 5.69 Å². The molecule has 1 N–H and O–H groups in total. The third-order valence-corrected chi connectivity index (χ3v) is 3.83. The van der Waals surface area contributed by atoms with Crippen LogP contribution in [0.25, 0.3) is 10.8 Å². The van der Waals surface area contributed by atoms with Crippen molar-refractivity contribution in [2.75, 3.05) is 12.4 Å². The second-order valence-electron chi connectivity index (χ2n) is 5.59. The largest absolute Gasteiger partial charge is 0.495 e. The van der Waals surface area contributed by atoms with Gasteiger partial charge in [-0.05, 0) is 42.1 Å². The van der Waals surface area contributed by atoms with Crippen LogP contribution in [0.3, 0.4) is 0 Å². The number of nitrogens with zero attached hydrogens (tertiary/aromatic N) is 1. The summed E-state index contributed by atoms with van der Waals surface area (Å²) in [6, 6.07) is 14.7. The third kappa shape index (κ3) is 3.15. The number of hydrogen-bond donors (Lipinski definition) is 1. The Hall–Kier alpha value is -3.08. The number of ether oxygens (including phenoxy) is 1. The number of aryl methyl sites for hydroxylation is 1. The summed E-state index contributed by atoms with van der Waals surface area (Å²) in [6.45, 7) is 1.88. The molecule has 0 atom stereocenters. The molecule has 1 aromatic heterocycles. The Labute approximate surface area is 139 Å². The summed E-state index contributed by atoms with van der Waals surface area (Å²) in [7, 11) is 1.55. The molecule has 0 aliphatic rings. The SMILES string of the molecule is COc1ccc(C)cc1NC(=O)Cn1ccc2ccccc2c1=O. The highest BCUT2D eigenvalue weighted by molar-refractivity contribution is 5.92. The fraction of sp³-hybridized carbons (Fsp3) is 0.158. The Morgan fingerprint density at radius 2 is 1.96 bits per heavy atom. The van der Waals surface area contributed by atoms with E-state index in [1.54, 1.807) is 25.4 Å². The van der Waals surface area contributed by atoms with E-state index in [-0.39, 0.29) is 18.0 Å². The van der Waals surface area contributed by atoms with Gasteiger partial charge in [-0.1, -0.05) is 24.3 Å². The molecule has 0 aliphatic heterocycles. The molecule has 3 aromatic rings. The second kappa shape index (κ2) is 6.58. The Bertz CT molecular complexity index is 960. The lowest BCUT2D eigenvalue weighted by atomic mass is 10.2. The molecule has 0 unspecified atom stereocenters. The van der Waals surface area contributed by atoms with E-state index in [1.165, 1.54) is 4.57 Å². The molecule has 122 valence electrons. The predicted molar refractivity (Wildman–Crippen MR) is 94.6 cm³/mol. The molecule has 1 heterocycles. The molecule has 1 amide bonds. The van der Waals surface area contributed by atoms with Crippen LogP contribution in [0.5, 0.6) is 5.75 Å². The third-order valence-electron chi connectivity index (χ3n) is 3.83. The van der Waals surface area contributed by atoms with Gasteiger partial charge in [0.15, 0.2) is 0 Å². The normalized spacial score (nSPS) is 10.6. The zero-order chi connectivity index (χ0) is 17.1. The van der Waals surface area contributed by atoms with Gasteiger partial charge in [0, 0.05) is 11.6 Å². The van der Waals surface area contributed by atoms with Crippen LogP contribution in [-0.2, 0) is 11.3 Å². The fourth-order valence-electron chi connectivity index (χ4n) is 2.62. The first kappa shape index (κ1) is 15.8. The Balaban J connectivity index is 1.84. The van der Waals surface area contributed by atoms with E-state index in [9.17, 15) is 9.59 Å². The summed E-state index contributed by atoms with van der Waals surface area (Å²) >= 11 is 0. The number of hydrogen-bond acceptors (Lipinski definition) is 3. The molecule has 0 saturated carbocycles. The van der Waals surface area contributed by atoms with Gasteiger partial charge in [-0.15, -0.1) is 0 Å². The lowest BCUT2D eigenvalue weighted by Crippen LogP contribution is -2.27. The number of amides is 1. The van der Waals surface area contributed by atoms with Crippen molar-refractivity contribution >= 4 is 22.4 Å². The molecule has 0 saturated heterocycles. The molecular formula is C19H18N2O3. The molecule has 0 spiro atoms. The van der Waals surface area contributed by atoms with E-state index in [1.807, 2.05) is 43.3 Å². The van der Waals surface area contributed by atoms with Crippen molar-refractivity contribution in [2.45, 2.75) is 13.5 Å². The van der Waals surface area contributed by atoms with E-state index >= 15 is 0 Å². The van der Waals surface area contributed by atoms with Crippen molar-refractivity contribution in [1.29, 1.82) is 0 Å². The lowest BCUT2D eigenvalue weighted by Gasteiger charge is -2.12. The van der Waals surface area contributed by atoms with Gasteiger partial charge in [-0.25, -0.2) is 0 Å². The summed E-state index contributed by atoms with van der Waals surface area (Å²) in [5.74, 6) is 0.302. The number of rotatable bonds is 4. The maximum Gasteiger partial charge on any atom is 0.258 e. The number of carbonyl (C=O) groups is 1. The quantitative estimate of drug-likeness (QED) is 0.803. The Morgan fingerprint density at radius 1 is 1.17 bits per heavy atom. The van der Waals surface area contributed by atoms with Crippen molar-refractivity contribution < 1.29 is 9.53 Å². The van der Waals surface area contributed by atoms with Crippen LogP contribution in [0.15, 0.2) is 59.5 Å². The number of pyridine rings is 1. The number of carbonyl (C=O) groups excluding carboxylic acids is 1. The summed E-state index contributed by atoms with van der Waals surface area (Å²) < 4.78 is 6.65. The van der Waals surface area contributed by atoms with Crippen molar-refractivity contribution in [1.82, 2.24) is 4.57 Å². The maximum atomic E-state index is 12.5. The average Bonchev–Trinajstić information content (AvgIpc) is 2.58. The van der Waals surface area contributed by atoms with E-state index in [0.29, 0.717) is 16.8 Å². The molecular weight excluding hydrogens is 304 g/mol. The zero-order valence-corrected chi connectivity index (χ0v) is 13.6. The molecule has 3 rings (SSSR count). The highest BCUT2D eigenvalue weighted by Crippen LogP contribution is 2.25. The van der Waals surface area contributed by atoms with Crippen molar-refractivity contribution in [3.8, 4) is 5.75 Å². The first-order chi connectivity index (χ1) is 11.6. The lowest BCUT2D eigenvalue weighted by molar-refractivity contribution is -0.116. The predicted octanol–water partition coefficient (Wildman–Crippen LogP) is 2.96. The molecule has 0 bridgehead atoms. The van der Waals surface area contributed by atoms with E-state index < -0.39 is 0 Å². The highest BCUT2D eigenvalue weighted by Gasteiger charge is 2.10. The van der Waals surface area contributed by atoms with Crippen LogP contribution >= 0.6 is 0 Å². The van der Waals surface area contributed by atoms with E-state index in [4.69, 9.17) is 4.74 Å². The number of methoxy groups -OCH3 is 1. The van der Waals surface area contributed by atoms with Crippen molar-refractivity contribution in [2.24, 2.45) is 0 Å². The Kier molecular flexibility index (Phi) is 4.33. The van der Waals surface area contributed by atoms with Crippen LogP contribution < -0.4 is 15.6 Å². The van der Waals surface area contributed by atoms with Crippen LogP contribution in [-0.4, -0.2) is 17.6 Å². The second-order valence-corrected chi connectivity index (χ2v) is 5.59. The van der Waals surface area contributed by atoms with Gasteiger partial charge < -0.3 is 14.6 Å². The van der Waals surface area contributed by atoms with Gasteiger partial charge in [-0.2, -0.15) is 0 Å². The molecule has 2 aromatic carbocycles. The number of nitrogens with one attached hydrogen (secondary N) is 1. The van der Waals surface area contributed by atoms with Gasteiger partial charge in [0.05, 0.1) is 12.8 Å². The van der Waals surface area contributed by atoms with Crippen LogP contribution in [0.1, 0.15) is 5.56 Å². The van der Waals surface area contributed by atoms with E-state index in [0.717, 1.165) is 10.9 Å². The van der Waals surface area contributed by atoms with Crippen LogP contribution in [0, 0.1) is 6.92 Å². The maximum absolute atomic E-state index is 12.5. The number of fused-ring (bicyclic) bond motifs is 1. The minimum atomic E-state index is -0.281. The summed E-state index contributed by atoms with van der Waals surface area (Å²) in [4.78, 5) is 24.8. The Morgan fingerprint density at radius 3 is 2.75 bits per heavy atom. The summed E-state index contributed by atoms with van der Waals surface area (Å²) in [5, 5.41) is 4.26. The van der Waals surface area contributed by atoms with Crippen molar-refractivity contribution in [3.63, 3.8) is 0 Å². The van der Waals surface area contributed by atoms with E-state index in [2.05, 4.69) is 5.32 Å². The van der Waals surface area contributed by atoms with Gasteiger partial charge in [0.2, 0.25) is 5.91 Å². The summed E-state index contributed by atoms with van der Waals surface area (Å²) in [6.07, 6.45) is 1.64. The van der Waals surface area contributed by atoms with Gasteiger partial charge >= 0.3 is 0 Å². The number of benzene rings is 2. The number of aromatic nitrogens is 1. The van der Waals surface area contributed by atoms with Crippen LogP contribution in [0.2, 0.25) is 0 Å². The standard InChI is InChI=1S/C19H18N2O3/c1-13-7-8-17(24-2)16(11-13)20-18(22)12-21-10-9-14-5-3-4-6-15(14)19(21)23/h3-11H,12H2,1-2H3,(H,20,22). The molecule has 0 fully saturated rings. The molecule has 24 heavy (non-hydrogen) atoms. The first-order valence-corrected chi connectivity index (χ1v) is 7.61. The molecule has 0 radical (unpaired) electrons. The van der Waals surface area contributed by atoms with Gasteiger partial charge in [0.1, 0.15) is 12.3 Å². The minimum Gasteiger partial charge on any atom is -0.495 e.